The Morgan fingerprint density at radius 3 is 2.52 bits per heavy atom. The van der Waals surface area contributed by atoms with E-state index in [1.165, 1.54) is 0 Å². The number of aromatic hydroxyl groups is 1. The van der Waals surface area contributed by atoms with Crippen LogP contribution in [0.5, 0.6) is 5.75 Å². The summed E-state index contributed by atoms with van der Waals surface area (Å²) in [5, 5.41) is 15.2. The van der Waals surface area contributed by atoms with Gasteiger partial charge in [-0.3, -0.25) is 9.29 Å². The third kappa shape index (κ3) is 2.87. The van der Waals surface area contributed by atoms with E-state index in [0.717, 1.165) is 42.5 Å². The first-order chi connectivity index (χ1) is 10.3. The molecule has 2 aromatic rings. The predicted octanol–water partition coefficient (Wildman–Crippen LogP) is 2.85. The van der Waals surface area contributed by atoms with Crippen LogP contribution in [-0.2, 0) is 0 Å². The largest absolute Gasteiger partial charge is 0.507 e. The van der Waals surface area contributed by atoms with Gasteiger partial charge in [-0.25, -0.2) is 0 Å². The number of piperazine rings is 1. The SMILES string of the molecule is Oc1ccc([C@@H](CCF)N2CCNCC2)c2ccccc12. The van der Waals surface area contributed by atoms with Crippen LogP contribution in [0.4, 0.5) is 4.39 Å². The molecule has 4 heteroatoms. The lowest BCUT2D eigenvalue weighted by Gasteiger charge is -2.35. The summed E-state index contributed by atoms with van der Waals surface area (Å²) in [5.74, 6) is 0.286. The summed E-state index contributed by atoms with van der Waals surface area (Å²) < 4.78 is 13.1. The van der Waals surface area contributed by atoms with Crippen LogP contribution in [0, 0.1) is 0 Å². The number of fused-ring (bicyclic) bond motifs is 1. The molecule has 1 fully saturated rings. The second-order valence-corrected chi connectivity index (χ2v) is 5.50. The van der Waals surface area contributed by atoms with E-state index in [1.54, 1.807) is 6.07 Å². The van der Waals surface area contributed by atoms with Gasteiger partial charge in [-0.05, 0) is 23.4 Å². The molecule has 2 N–H and O–H groups in total. The Balaban J connectivity index is 2.04. The first-order valence-electron chi connectivity index (χ1n) is 7.52. The zero-order valence-corrected chi connectivity index (χ0v) is 12.1. The van der Waals surface area contributed by atoms with Gasteiger partial charge in [0.2, 0.25) is 0 Å². The third-order valence-electron chi connectivity index (χ3n) is 4.27. The molecule has 1 aliphatic rings. The van der Waals surface area contributed by atoms with E-state index in [-0.39, 0.29) is 18.5 Å². The fraction of sp³-hybridized carbons (Fsp3) is 0.412. The molecule has 1 aliphatic heterocycles. The van der Waals surface area contributed by atoms with E-state index in [9.17, 15) is 9.50 Å². The molecule has 0 unspecified atom stereocenters. The van der Waals surface area contributed by atoms with Crippen LogP contribution in [-0.4, -0.2) is 42.9 Å². The van der Waals surface area contributed by atoms with Crippen LogP contribution in [0.1, 0.15) is 18.0 Å². The van der Waals surface area contributed by atoms with Crippen molar-refractivity contribution in [2.75, 3.05) is 32.9 Å². The molecule has 3 nitrogen and oxygen atoms in total. The average Bonchev–Trinajstić information content (AvgIpc) is 2.55. The summed E-state index contributed by atoms with van der Waals surface area (Å²) in [5.41, 5.74) is 1.11. The van der Waals surface area contributed by atoms with E-state index < -0.39 is 0 Å². The minimum Gasteiger partial charge on any atom is -0.507 e. The van der Waals surface area contributed by atoms with Crippen LogP contribution in [0.3, 0.4) is 0 Å². The minimum atomic E-state index is -0.330. The van der Waals surface area contributed by atoms with Crippen molar-refractivity contribution in [2.45, 2.75) is 12.5 Å². The third-order valence-corrected chi connectivity index (χ3v) is 4.27. The van der Waals surface area contributed by atoms with Crippen LogP contribution in [0.2, 0.25) is 0 Å². The second-order valence-electron chi connectivity index (χ2n) is 5.50. The van der Waals surface area contributed by atoms with Crippen LogP contribution in [0.25, 0.3) is 10.8 Å². The molecule has 1 saturated heterocycles. The smallest absolute Gasteiger partial charge is 0.123 e. The predicted molar refractivity (Wildman–Crippen MR) is 83.4 cm³/mol. The summed E-state index contributed by atoms with van der Waals surface area (Å²) in [6.45, 7) is 3.42. The van der Waals surface area contributed by atoms with Crippen molar-refractivity contribution in [3.05, 3.63) is 42.0 Å². The maximum Gasteiger partial charge on any atom is 0.123 e. The van der Waals surface area contributed by atoms with Gasteiger partial charge >= 0.3 is 0 Å². The van der Waals surface area contributed by atoms with Crippen LogP contribution < -0.4 is 5.32 Å². The molecule has 21 heavy (non-hydrogen) atoms. The summed E-state index contributed by atoms with van der Waals surface area (Å²) in [7, 11) is 0. The number of phenolic OH excluding ortho intramolecular Hbond substituents is 1. The number of benzene rings is 2. The standard InChI is InChI=1S/C17H21FN2O/c18-8-7-16(20-11-9-19-10-12-20)14-5-6-17(21)15-4-2-1-3-13(14)15/h1-6,16,19,21H,7-12H2/t16-/m1/s1. The quantitative estimate of drug-likeness (QED) is 0.908. The van der Waals surface area contributed by atoms with E-state index in [4.69, 9.17) is 0 Å². The van der Waals surface area contributed by atoms with Gasteiger partial charge in [0, 0.05) is 37.6 Å². The topological polar surface area (TPSA) is 35.5 Å². The molecular formula is C17H21FN2O. The monoisotopic (exact) mass is 288 g/mol. The maximum atomic E-state index is 13.1. The van der Waals surface area contributed by atoms with Crippen molar-refractivity contribution in [3.8, 4) is 5.75 Å². The number of alkyl halides is 1. The number of halogens is 1. The molecule has 1 heterocycles. The zero-order valence-electron chi connectivity index (χ0n) is 12.1. The number of nitrogens with one attached hydrogen (secondary N) is 1. The van der Waals surface area contributed by atoms with Gasteiger partial charge < -0.3 is 10.4 Å². The first-order valence-corrected chi connectivity index (χ1v) is 7.52. The Labute approximate surface area is 124 Å². The van der Waals surface area contributed by atoms with E-state index in [2.05, 4.69) is 10.2 Å². The van der Waals surface area contributed by atoms with Gasteiger partial charge in [0.25, 0.3) is 0 Å². The zero-order chi connectivity index (χ0) is 14.7. The highest BCUT2D eigenvalue weighted by atomic mass is 19.1. The summed E-state index contributed by atoms with van der Waals surface area (Å²) in [6.07, 6.45) is 0.495. The lowest BCUT2D eigenvalue weighted by Crippen LogP contribution is -2.45. The molecule has 0 saturated carbocycles. The van der Waals surface area contributed by atoms with Crippen molar-refractivity contribution in [1.82, 2.24) is 10.2 Å². The Hall–Kier alpha value is -1.65. The minimum absolute atomic E-state index is 0.0719. The van der Waals surface area contributed by atoms with Gasteiger partial charge in [0.1, 0.15) is 5.75 Å². The van der Waals surface area contributed by atoms with Crippen LogP contribution >= 0.6 is 0 Å². The lowest BCUT2D eigenvalue weighted by atomic mass is 9.95. The number of hydrogen-bond donors (Lipinski definition) is 2. The summed E-state index contributed by atoms with van der Waals surface area (Å²) in [6, 6.07) is 11.6. The highest BCUT2D eigenvalue weighted by Gasteiger charge is 2.23. The van der Waals surface area contributed by atoms with Crippen LogP contribution in [0.15, 0.2) is 36.4 Å². The highest BCUT2D eigenvalue weighted by Crippen LogP contribution is 2.34. The van der Waals surface area contributed by atoms with E-state index in [0.29, 0.717) is 6.42 Å². The highest BCUT2D eigenvalue weighted by molar-refractivity contribution is 5.91. The molecule has 0 aliphatic carbocycles. The molecule has 1 atom stereocenters. The molecule has 3 rings (SSSR count). The Bertz CT molecular complexity index is 611. The summed E-state index contributed by atoms with van der Waals surface area (Å²) in [4.78, 5) is 2.34. The fourth-order valence-electron chi connectivity index (χ4n) is 3.23. The Kier molecular flexibility index (Phi) is 4.36. The van der Waals surface area contributed by atoms with Gasteiger partial charge in [0.05, 0.1) is 6.67 Å². The first kappa shape index (κ1) is 14.3. The fourth-order valence-corrected chi connectivity index (χ4v) is 3.23. The molecule has 2 aromatic carbocycles. The maximum absolute atomic E-state index is 13.1. The lowest BCUT2D eigenvalue weighted by molar-refractivity contribution is 0.158. The molecule has 0 radical (unpaired) electrons. The van der Waals surface area contributed by atoms with Gasteiger partial charge in [0.15, 0.2) is 0 Å². The Morgan fingerprint density at radius 2 is 1.81 bits per heavy atom. The van der Waals surface area contributed by atoms with Crippen molar-refractivity contribution in [1.29, 1.82) is 0 Å². The summed E-state index contributed by atoms with van der Waals surface area (Å²) >= 11 is 0. The normalized spacial score (nSPS) is 18.0. The number of hydrogen-bond acceptors (Lipinski definition) is 3. The average molecular weight is 288 g/mol. The number of rotatable bonds is 4. The van der Waals surface area contributed by atoms with Crippen molar-refractivity contribution >= 4 is 10.8 Å². The van der Waals surface area contributed by atoms with Crippen molar-refractivity contribution in [2.24, 2.45) is 0 Å². The van der Waals surface area contributed by atoms with Gasteiger partial charge in [-0.15, -0.1) is 0 Å². The van der Waals surface area contributed by atoms with Gasteiger partial charge in [-0.1, -0.05) is 30.3 Å². The second kappa shape index (κ2) is 6.41. The molecule has 0 aromatic heterocycles. The molecule has 0 spiro atoms. The van der Waals surface area contributed by atoms with Crippen molar-refractivity contribution < 1.29 is 9.50 Å². The Morgan fingerprint density at radius 1 is 1.10 bits per heavy atom. The molecular weight excluding hydrogens is 267 g/mol. The van der Waals surface area contributed by atoms with Gasteiger partial charge in [-0.2, -0.15) is 0 Å². The van der Waals surface area contributed by atoms with Crippen molar-refractivity contribution in [3.63, 3.8) is 0 Å². The number of nitrogens with zero attached hydrogens (tertiary/aromatic N) is 1. The number of phenols is 1. The molecule has 0 bridgehead atoms. The molecule has 112 valence electrons. The van der Waals surface area contributed by atoms with E-state index >= 15 is 0 Å². The van der Waals surface area contributed by atoms with E-state index in [1.807, 2.05) is 30.3 Å². The molecule has 0 amide bonds.